The first-order valence-electron chi connectivity index (χ1n) is 4.83. The molecule has 1 rings (SSSR count). The fourth-order valence-corrected chi connectivity index (χ4v) is 1.43. The minimum Gasteiger partial charge on any atom is -0.478 e. The van der Waals surface area contributed by atoms with Crippen LogP contribution >= 0.6 is 0 Å². The smallest absolute Gasteiger partial charge is 0.336 e. The molecule has 0 aromatic heterocycles. The molecule has 2 unspecified atom stereocenters. The van der Waals surface area contributed by atoms with Crippen molar-refractivity contribution in [3.05, 3.63) is 29.3 Å². The van der Waals surface area contributed by atoms with Gasteiger partial charge >= 0.3 is 5.97 Å². The van der Waals surface area contributed by atoms with Crippen molar-refractivity contribution in [1.82, 2.24) is 0 Å². The van der Waals surface area contributed by atoms with Crippen molar-refractivity contribution >= 4 is 11.7 Å². The van der Waals surface area contributed by atoms with Crippen molar-refractivity contribution < 1.29 is 20.1 Å². The largest absolute Gasteiger partial charge is 0.478 e. The van der Waals surface area contributed by atoms with Crippen LogP contribution in [-0.2, 0) is 0 Å². The highest BCUT2D eigenvalue weighted by atomic mass is 16.4. The molecule has 1 aromatic carbocycles. The molecular formula is C11H12N2O4. The molecule has 0 fully saturated rings. The van der Waals surface area contributed by atoms with E-state index in [1.165, 1.54) is 18.2 Å². The lowest BCUT2D eigenvalue weighted by Crippen LogP contribution is -2.20. The van der Waals surface area contributed by atoms with Crippen molar-refractivity contribution in [3.63, 3.8) is 0 Å². The number of carboxylic acid groups (broad SMARTS) is 1. The maximum absolute atomic E-state index is 10.9. The van der Waals surface area contributed by atoms with E-state index in [1.54, 1.807) is 6.07 Å². The quantitative estimate of drug-likeness (QED) is 0.556. The third-order valence-electron chi connectivity index (χ3n) is 2.29. The van der Waals surface area contributed by atoms with Gasteiger partial charge in [0.1, 0.15) is 6.10 Å². The maximum Gasteiger partial charge on any atom is 0.336 e. The number of carbonyl (C=O) groups is 1. The van der Waals surface area contributed by atoms with Crippen LogP contribution in [0, 0.1) is 11.3 Å². The molecule has 90 valence electrons. The van der Waals surface area contributed by atoms with Crippen LogP contribution in [0.5, 0.6) is 0 Å². The number of rotatable bonds is 4. The third kappa shape index (κ3) is 2.93. The average molecular weight is 236 g/mol. The normalized spacial score (nSPS) is 13.7. The number of benzene rings is 1. The van der Waals surface area contributed by atoms with Gasteiger partial charge in [0.2, 0.25) is 0 Å². The molecule has 1 aromatic rings. The Bertz CT molecular complexity index is 467. The van der Waals surface area contributed by atoms with Gasteiger partial charge in [0.25, 0.3) is 0 Å². The molecule has 0 spiro atoms. The second kappa shape index (κ2) is 5.30. The lowest BCUT2D eigenvalue weighted by Gasteiger charge is -2.17. The van der Waals surface area contributed by atoms with Crippen LogP contribution in [0.15, 0.2) is 18.2 Å². The van der Waals surface area contributed by atoms with Gasteiger partial charge < -0.3 is 21.1 Å². The standard InChI is InChI=1S/C11H12N2O4/c12-4-3-9(14)10(15)7-2-1-6(13)5-8(7)11(16)17/h1-2,5,9-10,14-15H,3,13H2,(H,16,17). The Kier molecular flexibility index (Phi) is 4.04. The van der Waals surface area contributed by atoms with Crippen LogP contribution in [0.3, 0.4) is 0 Å². The van der Waals surface area contributed by atoms with E-state index in [0.717, 1.165) is 0 Å². The van der Waals surface area contributed by atoms with E-state index < -0.39 is 18.2 Å². The van der Waals surface area contributed by atoms with Crippen molar-refractivity contribution in [2.75, 3.05) is 5.73 Å². The highest BCUT2D eigenvalue weighted by Crippen LogP contribution is 2.24. The minimum absolute atomic E-state index is 0.0365. The molecule has 0 aliphatic carbocycles. The number of hydrogen-bond donors (Lipinski definition) is 4. The van der Waals surface area contributed by atoms with Gasteiger partial charge in [0, 0.05) is 5.69 Å². The summed E-state index contributed by atoms with van der Waals surface area (Å²) in [5.74, 6) is -1.25. The zero-order valence-corrected chi connectivity index (χ0v) is 8.87. The summed E-state index contributed by atoms with van der Waals surface area (Å²) < 4.78 is 0. The summed E-state index contributed by atoms with van der Waals surface area (Å²) in [4.78, 5) is 10.9. The van der Waals surface area contributed by atoms with Crippen LogP contribution in [0.25, 0.3) is 0 Å². The summed E-state index contributed by atoms with van der Waals surface area (Å²) in [6, 6.07) is 5.63. The molecule has 0 amide bonds. The van der Waals surface area contributed by atoms with Crippen LogP contribution in [0.1, 0.15) is 28.4 Å². The summed E-state index contributed by atoms with van der Waals surface area (Å²) in [5.41, 5.74) is 5.53. The Morgan fingerprint density at radius 3 is 2.65 bits per heavy atom. The summed E-state index contributed by atoms with van der Waals surface area (Å²) in [6.45, 7) is 0. The average Bonchev–Trinajstić information content (AvgIpc) is 2.28. The van der Waals surface area contributed by atoms with Gasteiger partial charge in [-0.1, -0.05) is 6.07 Å². The van der Waals surface area contributed by atoms with E-state index in [1.807, 2.05) is 0 Å². The van der Waals surface area contributed by atoms with Crippen LogP contribution in [0.2, 0.25) is 0 Å². The monoisotopic (exact) mass is 236 g/mol. The van der Waals surface area contributed by atoms with Crippen LogP contribution in [0.4, 0.5) is 5.69 Å². The topological polar surface area (TPSA) is 128 Å². The summed E-state index contributed by atoms with van der Waals surface area (Å²) in [5, 5.41) is 36.5. The van der Waals surface area contributed by atoms with Gasteiger partial charge in [0.15, 0.2) is 0 Å². The van der Waals surface area contributed by atoms with Gasteiger partial charge in [-0.25, -0.2) is 4.79 Å². The van der Waals surface area contributed by atoms with E-state index in [4.69, 9.17) is 16.1 Å². The Hall–Kier alpha value is -2.10. The Morgan fingerprint density at radius 2 is 2.12 bits per heavy atom. The molecule has 17 heavy (non-hydrogen) atoms. The zero-order valence-electron chi connectivity index (χ0n) is 8.87. The van der Waals surface area contributed by atoms with Crippen molar-refractivity contribution in [2.45, 2.75) is 18.6 Å². The number of aliphatic hydroxyl groups is 2. The molecular weight excluding hydrogens is 224 g/mol. The molecule has 2 atom stereocenters. The fourth-order valence-electron chi connectivity index (χ4n) is 1.43. The Balaban J connectivity index is 3.13. The second-order valence-electron chi connectivity index (χ2n) is 3.53. The fraction of sp³-hybridized carbons (Fsp3) is 0.273. The third-order valence-corrected chi connectivity index (χ3v) is 2.29. The highest BCUT2D eigenvalue weighted by Gasteiger charge is 2.23. The summed E-state index contributed by atoms with van der Waals surface area (Å²) in [7, 11) is 0. The van der Waals surface area contributed by atoms with Crippen molar-refractivity contribution in [3.8, 4) is 6.07 Å². The molecule has 0 bridgehead atoms. The van der Waals surface area contributed by atoms with E-state index in [9.17, 15) is 15.0 Å². The van der Waals surface area contributed by atoms with Gasteiger partial charge in [-0.05, 0) is 17.7 Å². The number of nitrogens with two attached hydrogens (primary N) is 1. The SMILES string of the molecule is N#CCC(O)C(O)c1ccc(N)cc1C(=O)O. The number of carboxylic acids is 1. The number of nitrogen functional groups attached to an aromatic ring is 1. The van der Waals surface area contributed by atoms with Gasteiger partial charge in [-0.3, -0.25) is 0 Å². The Labute approximate surface area is 97.5 Å². The maximum atomic E-state index is 10.9. The van der Waals surface area contributed by atoms with Gasteiger partial charge in [0.05, 0.1) is 24.2 Å². The number of nitriles is 1. The molecule has 0 aliphatic heterocycles. The molecule has 6 nitrogen and oxygen atoms in total. The van der Waals surface area contributed by atoms with Crippen molar-refractivity contribution in [2.24, 2.45) is 0 Å². The molecule has 5 N–H and O–H groups in total. The number of hydrogen-bond acceptors (Lipinski definition) is 5. The number of anilines is 1. The lowest BCUT2D eigenvalue weighted by atomic mass is 9.97. The molecule has 0 radical (unpaired) electrons. The molecule has 0 heterocycles. The van der Waals surface area contributed by atoms with E-state index in [2.05, 4.69) is 0 Å². The molecule has 0 saturated heterocycles. The van der Waals surface area contributed by atoms with E-state index in [-0.39, 0.29) is 23.2 Å². The zero-order chi connectivity index (χ0) is 13.0. The molecule has 0 saturated carbocycles. The number of nitrogens with zero attached hydrogens (tertiary/aromatic N) is 1. The van der Waals surface area contributed by atoms with Gasteiger partial charge in [-0.15, -0.1) is 0 Å². The van der Waals surface area contributed by atoms with Crippen LogP contribution in [-0.4, -0.2) is 27.4 Å². The van der Waals surface area contributed by atoms with Gasteiger partial charge in [-0.2, -0.15) is 5.26 Å². The highest BCUT2D eigenvalue weighted by molar-refractivity contribution is 5.90. The second-order valence-corrected chi connectivity index (χ2v) is 3.53. The number of aliphatic hydroxyl groups excluding tert-OH is 2. The lowest BCUT2D eigenvalue weighted by molar-refractivity contribution is 0.0205. The van der Waals surface area contributed by atoms with Crippen molar-refractivity contribution in [1.29, 1.82) is 5.26 Å². The summed E-state index contributed by atoms with van der Waals surface area (Å²) in [6.07, 6.45) is -3.05. The number of aromatic carboxylic acids is 1. The Morgan fingerprint density at radius 1 is 1.47 bits per heavy atom. The molecule has 0 aliphatic rings. The predicted octanol–water partition coefficient (Wildman–Crippen LogP) is 0.275. The first-order chi connectivity index (χ1) is 7.97. The van der Waals surface area contributed by atoms with Crippen LogP contribution < -0.4 is 5.73 Å². The summed E-state index contributed by atoms with van der Waals surface area (Å²) >= 11 is 0. The van der Waals surface area contributed by atoms with E-state index >= 15 is 0 Å². The predicted molar refractivity (Wildman–Crippen MR) is 59.0 cm³/mol. The first-order valence-corrected chi connectivity index (χ1v) is 4.83. The van der Waals surface area contributed by atoms with E-state index in [0.29, 0.717) is 0 Å². The minimum atomic E-state index is -1.43. The first kappa shape index (κ1) is 13.0. The molecule has 6 heteroatoms.